The molecule has 18 heavy (non-hydrogen) atoms. The third kappa shape index (κ3) is 7.21. The fraction of sp³-hybridized carbons (Fsp3) is 1.00. The largest absolute Gasteiger partial charge is 0.389 e. The normalized spacial score (nSPS) is 17.0. The molecule has 0 aromatic heterocycles. The summed E-state index contributed by atoms with van der Waals surface area (Å²) in [7, 11) is 1.94. The van der Waals surface area contributed by atoms with Crippen LogP contribution in [0.4, 0.5) is 13.2 Å². The van der Waals surface area contributed by atoms with E-state index in [-0.39, 0.29) is 17.4 Å². The fourth-order valence-electron chi connectivity index (χ4n) is 2.02. The molecule has 110 valence electrons. The van der Waals surface area contributed by atoms with Crippen molar-refractivity contribution < 1.29 is 13.2 Å². The molecule has 1 atom stereocenters. The molecule has 0 spiro atoms. The van der Waals surface area contributed by atoms with E-state index in [1.165, 1.54) is 0 Å². The highest BCUT2D eigenvalue weighted by Crippen LogP contribution is 2.28. The van der Waals surface area contributed by atoms with Gasteiger partial charge in [-0.25, -0.2) is 0 Å². The lowest BCUT2D eigenvalue weighted by Crippen LogP contribution is -2.52. The second-order valence-corrected chi connectivity index (χ2v) is 6.59. The third-order valence-electron chi connectivity index (χ3n) is 3.25. The maximum absolute atomic E-state index is 12.2. The quantitative estimate of drug-likeness (QED) is 0.800. The Morgan fingerprint density at radius 2 is 1.50 bits per heavy atom. The van der Waals surface area contributed by atoms with E-state index in [0.29, 0.717) is 13.0 Å². The van der Waals surface area contributed by atoms with Crippen LogP contribution in [0.1, 0.15) is 47.0 Å². The van der Waals surface area contributed by atoms with Gasteiger partial charge in [-0.2, -0.15) is 13.2 Å². The van der Waals surface area contributed by atoms with Crippen LogP contribution in [0.3, 0.4) is 0 Å². The summed E-state index contributed by atoms with van der Waals surface area (Å²) in [5.74, 6) is 0. The zero-order chi connectivity index (χ0) is 14.6. The molecule has 1 unspecified atom stereocenters. The van der Waals surface area contributed by atoms with Gasteiger partial charge in [-0.15, -0.1) is 0 Å². The number of rotatable bonds is 6. The SMILES string of the molecule is CN(CC(C)(C)C)C(C)(CN)CCCC(F)(F)F. The minimum Gasteiger partial charge on any atom is -0.329 e. The van der Waals surface area contributed by atoms with Crippen LogP contribution in [-0.4, -0.2) is 36.8 Å². The minimum absolute atomic E-state index is 0.106. The van der Waals surface area contributed by atoms with E-state index >= 15 is 0 Å². The van der Waals surface area contributed by atoms with Crippen LogP contribution in [0, 0.1) is 5.41 Å². The Kier molecular flexibility index (Phi) is 6.14. The highest BCUT2D eigenvalue weighted by Gasteiger charge is 2.33. The van der Waals surface area contributed by atoms with Crippen LogP contribution in [0.15, 0.2) is 0 Å². The summed E-state index contributed by atoms with van der Waals surface area (Å²) >= 11 is 0. The number of nitrogens with zero attached hydrogens (tertiary/aromatic N) is 1. The second kappa shape index (κ2) is 6.24. The molecule has 5 heteroatoms. The van der Waals surface area contributed by atoms with Gasteiger partial charge in [0.2, 0.25) is 0 Å². The van der Waals surface area contributed by atoms with E-state index in [4.69, 9.17) is 5.73 Å². The maximum Gasteiger partial charge on any atom is 0.389 e. The first-order valence-electron chi connectivity index (χ1n) is 6.38. The predicted octanol–water partition coefficient (Wildman–Crippen LogP) is 3.41. The summed E-state index contributed by atoms with van der Waals surface area (Å²) in [5.41, 5.74) is 5.50. The van der Waals surface area contributed by atoms with Crippen molar-refractivity contribution in [3.05, 3.63) is 0 Å². The van der Waals surface area contributed by atoms with Gasteiger partial charge in [0.05, 0.1) is 0 Å². The summed E-state index contributed by atoms with van der Waals surface area (Å²) in [4.78, 5) is 2.09. The van der Waals surface area contributed by atoms with Gasteiger partial charge < -0.3 is 5.73 Å². The molecule has 0 fully saturated rings. The second-order valence-electron chi connectivity index (χ2n) is 6.59. The zero-order valence-corrected chi connectivity index (χ0v) is 12.2. The number of alkyl halides is 3. The molecular weight excluding hydrogens is 241 g/mol. The number of halogens is 3. The van der Waals surface area contributed by atoms with E-state index in [2.05, 4.69) is 25.7 Å². The lowest BCUT2D eigenvalue weighted by atomic mass is 9.89. The molecule has 0 radical (unpaired) electrons. The average molecular weight is 268 g/mol. The maximum atomic E-state index is 12.2. The minimum atomic E-state index is -4.07. The number of likely N-dealkylation sites (N-methyl/N-ethyl adjacent to an activating group) is 1. The molecule has 0 saturated carbocycles. The topological polar surface area (TPSA) is 29.3 Å². The van der Waals surface area contributed by atoms with Gasteiger partial charge in [-0.05, 0) is 32.2 Å². The van der Waals surface area contributed by atoms with Gasteiger partial charge in [0.1, 0.15) is 0 Å². The molecule has 0 aromatic carbocycles. The van der Waals surface area contributed by atoms with Crippen LogP contribution < -0.4 is 5.73 Å². The van der Waals surface area contributed by atoms with Crippen molar-refractivity contribution in [2.24, 2.45) is 11.1 Å². The van der Waals surface area contributed by atoms with Crippen LogP contribution >= 0.6 is 0 Å². The standard InChI is InChI=1S/C13H27F3N2/c1-11(2,3)10-18(5)12(4,9-17)7-6-8-13(14,15)16/h6-10,17H2,1-5H3. The Hall–Kier alpha value is -0.290. The highest BCUT2D eigenvalue weighted by atomic mass is 19.4. The number of hydrogen-bond acceptors (Lipinski definition) is 2. The first-order valence-corrected chi connectivity index (χ1v) is 6.38. The molecule has 0 aliphatic rings. The van der Waals surface area contributed by atoms with Crippen molar-refractivity contribution in [1.29, 1.82) is 0 Å². The van der Waals surface area contributed by atoms with Crippen LogP contribution in [0.5, 0.6) is 0 Å². The fourth-order valence-corrected chi connectivity index (χ4v) is 2.02. The highest BCUT2D eigenvalue weighted by molar-refractivity contribution is 4.87. The van der Waals surface area contributed by atoms with Crippen molar-refractivity contribution in [2.75, 3.05) is 20.1 Å². The smallest absolute Gasteiger partial charge is 0.329 e. The Balaban J connectivity index is 4.42. The first kappa shape index (κ1) is 17.7. The van der Waals surface area contributed by atoms with E-state index in [1.807, 2.05) is 14.0 Å². The first-order chi connectivity index (χ1) is 7.90. The predicted molar refractivity (Wildman–Crippen MR) is 69.5 cm³/mol. The van der Waals surface area contributed by atoms with E-state index in [9.17, 15) is 13.2 Å². The van der Waals surface area contributed by atoms with E-state index in [1.54, 1.807) is 0 Å². The summed E-state index contributed by atoms with van der Waals surface area (Å²) in [6.07, 6.45) is -4.20. The average Bonchev–Trinajstić information content (AvgIpc) is 2.12. The van der Waals surface area contributed by atoms with Crippen molar-refractivity contribution in [3.63, 3.8) is 0 Å². The van der Waals surface area contributed by atoms with E-state index in [0.717, 1.165) is 6.54 Å². The summed E-state index contributed by atoms with van der Waals surface area (Å²) < 4.78 is 36.5. The molecule has 0 bridgehead atoms. The molecule has 0 heterocycles. The van der Waals surface area contributed by atoms with Gasteiger partial charge in [-0.1, -0.05) is 20.8 Å². The van der Waals surface area contributed by atoms with Gasteiger partial charge in [0.25, 0.3) is 0 Å². The Labute approximate surface area is 109 Å². The van der Waals surface area contributed by atoms with Crippen LogP contribution in [0.25, 0.3) is 0 Å². The van der Waals surface area contributed by atoms with Gasteiger partial charge >= 0.3 is 6.18 Å². The van der Waals surface area contributed by atoms with Gasteiger partial charge in [0, 0.05) is 25.0 Å². The molecule has 0 rings (SSSR count). The van der Waals surface area contributed by atoms with Crippen molar-refractivity contribution in [1.82, 2.24) is 4.90 Å². The molecule has 0 aliphatic carbocycles. The lowest BCUT2D eigenvalue weighted by Gasteiger charge is -2.41. The molecule has 2 nitrogen and oxygen atoms in total. The zero-order valence-electron chi connectivity index (χ0n) is 12.2. The third-order valence-corrected chi connectivity index (χ3v) is 3.25. The summed E-state index contributed by atoms with van der Waals surface area (Å²) in [5, 5.41) is 0. The van der Waals surface area contributed by atoms with Crippen LogP contribution in [0.2, 0.25) is 0 Å². The molecule has 0 saturated heterocycles. The molecule has 0 amide bonds. The lowest BCUT2D eigenvalue weighted by molar-refractivity contribution is -0.136. The molecule has 2 N–H and O–H groups in total. The van der Waals surface area contributed by atoms with Gasteiger partial charge in [0.15, 0.2) is 0 Å². The number of nitrogens with two attached hydrogens (primary N) is 1. The van der Waals surface area contributed by atoms with Crippen molar-refractivity contribution in [2.45, 2.75) is 58.7 Å². The van der Waals surface area contributed by atoms with Gasteiger partial charge in [-0.3, -0.25) is 4.90 Å². The summed E-state index contributed by atoms with van der Waals surface area (Å²) in [6.45, 7) is 9.45. The monoisotopic (exact) mass is 268 g/mol. The van der Waals surface area contributed by atoms with Crippen LogP contribution in [-0.2, 0) is 0 Å². The Bertz CT molecular complexity index is 246. The van der Waals surface area contributed by atoms with E-state index < -0.39 is 12.6 Å². The van der Waals surface area contributed by atoms with Crippen molar-refractivity contribution in [3.8, 4) is 0 Å². The Morgan fingerprint density at radius 1 is 1.00 bits per heavy atom. The number of hydrogen-bond donors (Lipinski definition) is 1. The molecule has 0 aliphatic heterocycles. The van der Waals surface area contributed by atoms with Crippen molar-refractivity contribution >= 4 is 0 Å². The Morgan fingerprint density at radius 3 is 1.83 bits per heavy atom. The molecular formula is C13H27F3N2. The summed E-state index contributed by atoms with van der Waals surface area (Å²) in [6, 6.07) is 0. The molecule has 0 aromatic rings.